The van der Waals surface area contributed by atoms with E-state index < -0.39 is 6.03 Å². The van der Waals surface area contributed by atoms with Gasteiger partial charge < -0.3 is 15.4 Å². The van der Waals surface area contributed by atoms with Gasteiger partial charge in [0.2, 0.25) is 0 Å². The standard InChI is InChI=1S/C21H22N4O3S/c1-13-8-10-15(11-9-13)12-22-19(26)18-14(2)23-21(29-18)25-20(27)24-16-6-4-5-7-17(16)28-3/h4-11H,12H2,1-3H3,(H,22,26)(H2,23,24,25,27). The monoisotopic (exact) mass is 410 g/mol. The molecular formula is C21H22N4O3S. The summed E-state index contributed by atoms with van der Waals surface area (Å²) in [5.74, 6) is 0.327. The van der Waals surface area contributed by atoms with Crippen LogP contribution in [-0.4, -0.2) is 24.0 Å². The molecule has 1 aromatic heterocycles. The van der Waals surface area contributed by atoms with Crippen molar-refractivity contribution in [1.82, 2.24) is 10.3 Å². The summed E-state index contributed by atoms with van der Waals surface area (Å²) >= 11 is 1.13. The minimum absolute atomic E-state index is 0.223. The maximum Gasteiger partial charge on any atom is 0.325 e. The van der Waals surface area contributed by atoms with Crippen LogP contribution in [0.3, 0.4) is 0 Å². The molecule has 29 heavy (non-hydrogen) atoms. The molecule has 0 unspecified atom stereocenters. The molecule has 0 saturated heterocycles. The van der Waals surface area contributed by atoms with Crippen molar-refractivity contribution >= 4 is 34.1 Å². The largest absolute Gasteiger partial charge is 0.495 e. The van der Waals surface area contributed by atoms with Gasteiger partial charge in [-0.25, -0.2) is 9.78 Å². The Balaban J connectivity index is 1.61. The quantitative estimate of drug-likeness (QED) is 0.564. The van der Waals surface area contributed by atoms with Crippen molar-refractivity contribution in [2.75, 3.05) is 17.7 Å². The first-order valence-electron chi connectivity index (χ1n) is 8.98. The number of rotatable bonds is 6. The van der Waals surface area contributed by atoms with Gasteiger partial charge in [-0.1, -0.05) is 53.3 Å². The molecule has 0 saturated carbocycles. The molecule has 2 aromatic carbocycles. The van der Waals surface area contributed by atoms with Gasteiger partial charge in [0.1, 0.15) is 10.6 Å². The van der Waals surface area contributed by atoms with Crippen molar-refractivity contribution in [3.63, 3.8) is 0 Å². The fraction of sp³-hybridized carbons (Fsp3) is 0.190. The van der Waals surface area contributed by atoms with Gasteiger partial charge in [-0.3, -0.25) is 10.1 Å². The van der Waals surface area contributed by atoms with Crippen molar-refractivity contribution in [3.05, 3.63) is 70.2 Å². The maximum absolute atomic E-state index is 12.5. The lowest BCUT2D eigenvalue weighted by molar-refractivity contribution is 0.0954. The van der Waals surface area contributed by atoms with Crippen LogP contribution in [0.25, 0.3) is 0 Å². The number of para-hydroxylation sites is 2. The van der Waals surface area contributed by atoms with E-state index in [4.69, 9.17) is 4.74 Å². The van der Waals surface area contributed by atoms with Crippen LogP contribution in [0.5, 0.6) is 5.75 Å². The Hall–Kier alpha value is -3.39. The molecular weight excluding hydrogens is 388 g/mol. The minimum atomic E-state index is -0.463. The van der Waals surface area contributed by atoms with Gasteiger partial charge in [-0.15, -0.1) is 0 Å². The first-order chi connectivity index (χ1) is 14.0. The van der Waals surface area contributed by atoms with Gasteiger partial charge in [0, 0.05) is 6.54 Å². The molecule has 1 heterocycles. The molecule has 3 N–H and O–H groups in total. The third-order valence-corrected chi connectivity index (χ3v) is 5.22. The Bertz CT molecular complexity index is 1020. The number of methoxy groups -OCH3 is 1. The first kappa shape index (κ1) is 20.3. The number of nitrogens with one attached hydrogen (secondary N) is 3. The average Bonchev–Trinajstić information content (AvgIpc) is 3.07. The van der Waals surface area contributed by atoms with Crippen molar-refractivity contribution in [3.8, 4) is 5.75 Å². The van der Waals surface area contributed by atoms with E-state index in [2.05, 4.69) is 20.9 Å². The van der Waals surface area contributed by atoms with Crippen LogP contribution in [0.15, 0.2) is 48.5 Å². The number of thiazole rings is 1. The van der Waals surface area contributed by atoms with Gasteiger partial charge in [-0.2, -0.15) is 0 Å². The summed E-state index contributed by atoms with van der Waals surface area (Å²) in [5, 5.41) is 8.60. The molecule has 7 nitrogen and oxygen atoms in total. The molecule has 150 valence electrons. The molecule has 8 heteroatoms. The Labute approximate surface area is 173 Å². The van der Waals surface area contributed by atoms with Gasteiger partial charge in [0.25, 0.3) is 5.91 Å². The van der Waals surface area contributed by atoms with Gasteiger partial charge in [0.05, 0.1) is 18.5 Å². The molecule has 3 amide bonds. The number of amides is 3. The highest BCUT2D eigenvalue weighted by Gasteiger charge is 2.17. The zero-order valence-electron chi connectivity index (χ0n) is 16.4. The third kappa shape index (κ3) is 5.32. The van der Waals surface area contributed by atoms with Crippen LogP contribution in [0.1, 0.15) is 26.5 Å². The van der Waals surface area contributed by atoms with Crippen LogP contribution in [-0.2, 0) is 6.54 Å². The molecule has 0 aliphatic carbocycles. The van der Waals surface area contributed by atoms with E-state index in [1.807, 2.05) is 37.3 Å². The summed E-state index contributed by atoms with van der Waals surface area (Å²) in [6.07, 6.45) is 0. The molecule has 3 aromatic rings. The number of benzene rings is 2. The van der Waals surface area contributed by atoms with Crippen LogP contribution >= 0.6 is 11.3 Å². The fourth-order valence-electron chi connectivity index (χ4n) is 2.63. The summed E-state index contributed by atoms with van der Waals surface area (Å²) in [4.78, 5) is 29.5. The van der Waals surface area contributed by atoms with Crippen molar-refractivity contribution in [1.29, 1.82) is 0 Å². The molecule has 3 rings (SSSR count). The van der Waals surface area contributed by atoms with Gasteiger partial charge in [-0.05, 0) is 31.5 Å². The second-order valence-corrected chi connectivity index (χ2v) is 7.38. The number of hydrogen-bond acceptors (Lipinski definition) is 5. The van der Waals surface area contributed by atoms with E-state index in [1.165, 1.54) is 12.7 Å². The zero-order valence-corrected chi connectivity index (χ0v) is 17.2. The number of hydrogen-bond donors (Lipinski definition) is 3. The lowest BCUT2D eigenvalue weighted by Gasteiger charge is -2.09. The predicted octanol–water partition coefficient (Wildman–Crippen LogP) is 4.34. The van der Waals surface area contributed by atoms with Crippen LogP contribution in [0.4, 0.5) is 15.6 Å². The molecule has 0 aliphatic heterocycles. The van der Waals surface area contributed by atoms with E-state index in [-0.39, 0.29) is 5.91 Å². The number of anilines is 2. The smallest absolute Gasteiger partial charge is 0.325 e. The number of carbonyl (C=O) groups excluding carboxylic acids is 2. The molecule has 0 spiro atoms. The summed E-state index contributed by atoms with van der Waals surface area (Å²) in [7, 11) is 1.53. The van der Waals surface area contributed by atoms with E-state index >= 15 is 0 Å². The lowest BCUT2D eigenvalue weighted by atomic mass is 10.1. The normalized spacial score (nSPS) is 10.3. The summed E-state index contributed by atoms with van der Waals surface area (Å²) in [5.41, 5.74) is 3.28. The SMILES string of the molecule is COc1ccccc1NC(=O)Nc1nc(C)c(C(=O)NCc2ccc(C)cc2)s1. The highest BCUT2D eigenvalue weighted by Crippen LogP contribution is 2.25. The Morgan fingerprint density at radius 2 is 1.76 bits per heavy atom. The first-order valence-corrected chi connectivity index (χ1v) is 9.80. The van der Waals surface area contributed by atoms with Crippen molar-refractivity contribution in [2.24, 2.45) is 0 Å². The highest BCUT2D eigenvalue weighted by molar-refractivity contribution is 7.17. The van der Waals surface area contributed by atoms with Crippen molar-refractivity contribution in [2.45, 2.75) is 20.4 Å². The van der Waals surface area contributed by atoms with E-state index in [1.54, 1.807) is 25.1 Å². The van der Waals surface area contributed by atoms with E-state index in [0.717, 1.165) is 16.9 Å². The number of carbonyl (C=O) groups is 2. The van der Waals surface area contributed by atoms with E-state index in [0.29, 0.717) is 33.7 Å². The Morgan fingerprint density at radius 3 is 2.48 bits per heavy atom. The minimum Gasteiger partial charge on any atom is -0.495 e. The number of aromatic nitrogens is 1. The number of nitrogens with zero attached hydrogens (tertiary/aromatic N) is 1. The summed E-state index contributed by atoms with van der Waals surface area (Å²) in [6.45, 7) is 4.18. The molecule has 0 fully saturated rings. The molecule has 0 bridgehead atoms. The highest BCUT2D eigenvalue weighted by atomic mass is 32.1. The van der Waals surface area contributed by atoms with Crippen molar-refractivity contribution < 1.29 is 14.3 Å². The fourth-order valence-corrected chi connectivity index (χ4v) is 3.51. The maximum atomic E-state index is 12.5. The lowest BCUT2D eigenvalue weighted by Crippen LogP contribution is -2.22. The Kier molecular flexibility index (Phi) is 6.46. The second kappa shape index (κ2) is 9.20. The van der Waals surface area contributed by atoms with Crippen LogP contribution in [0, 0.1) is 13.8 Å². The zero-order chi connectivity index (χ0) is 20.8. The summed E-state index contributed by atoms with van der Waals surface area (Å²) < 4.78 is 5.21. The number of aryl methyl sites for hydroxylation is 2. The third-order valence-electron chi connectivity index (χ3n) is 4.15. The topological polar surface area (TPSA) is 92.3 Å². The molecule has 0 atom stereocenters. The van der Waals surface area contributed by atoms with Gasteiger partial charge >= 0.3 is 6.03 Å². The average molecular weight is 410 g/mol. The number of ether oxygens (including phenoxy) is 1. The summed E-state index contributed by atoms with van der Waals surface area (Å²) in [6, 6.07) is 14.6. The van der Waals surface area contributed by atoms with Crippen LogP contribution < -0.4 is 20.7 Å². The molecule has 0 aliphatic rings. The Morgan fingerprint density at radius 1 is 1.03 bits per heavy atom. The number of urea groups is 1. The van der Waals surface area contributed by atoms with Gasteiger partial charge in [0.15, 0.2) is 5.13 Å². The molecule has 0 radical (unpaired) electrons. The van der Waals surface area contributed by atoms with E-state index in [9.17, 15) is 9.59 Å². The second-order valence-electron chi connectivity index (χ2n) is 6.38. The van der Waals surface area contributed by atoms with Crippen LogP contribution in [0.2, 0.25) is 0 Å². The predicted molar refractivity (Wildman–Crippen MR) is 115 cm³/mol.